The normalized spacial score (nSPS) is 27.4. The highest BCUT2D eigenvalue weighted by Gasteiger charge is 2.28. The first kappa shape index (κ1) is 14.8. The minimum absolute atomic E-state index is 0.152. The smallest absolute Gasteiger partial charge is 0.265 e. The van der Waals surface area contributed by atoms with E-state index in [-0.39, 0.29) is 23.9 Å². The summed E-state index contributed by atoms with van der Waals surface area (Å²) in [4.78, 5) is 24.2. The quantitative estimate of drug-likeness (QED) is 0.770. The summed E-state index contributed by atoms with van der Waals surface area (Å²) >= 11 is 0. The van der Waals surface area contributed by atoms with Crippen molar-refractivity contribution in [1.29, 1.82) is 0 Å². The summed E-state index contributed by atoms with van der Waals surface area (Å²) < 4.78 is 5.61. The molecule has 0 saturated heterocycles. The van der Waals surface area contributed by atoms with Crippen LogP contribution in [0.15, 0.2) is 18.2 Å². The Morgan fingerprint density at radius 1 is 1.32 bits per heavy atom. The monoisotopic (exact) mass is 303 g/mol. The molecule has 1 unspecified atom stereocenters. The van der Waals surface area contributed by atoms with E-state index >= 15 is 0 Å². The Labute approximate surface area is 129 Å². The first-order valence-electron chi connectivity index (χ1n) is 7.71. The van der Waals surface area contributed by atoms with Crippen molar-refractivity contribution in [3.8, 4) is 5.75 Å². The van der Waals surface area contributed by atoms with Gasteiger partial charge in [0.15, 0.2) is 11.9 Å². The number of hydrogen-bond donors (Lipinski definition) is 3. The van der Waals surface area contributed by atoms with Crippen molar-refractivity contribution >= 4 is 17.5 Å². The van der Waals surface area contributed by atoms with Gasteiger partial charge in [-0.15, -0.1) is 0 Å². The lowest BCUT2D eigenvalue weighted by Gasteiger charge is -2.28. The van der Waals surface area contributed by atoms with Gasteiger partial charge in [-0.3, -0.25) is 9.59 Å². The Bertz CT molecular complexity index is 594. The molecule has 3 rings (SSSR count). The molecular formula is C16H21N3O3. The third-order valence-electron chi connectivity index (χ3n) is 4.29. The van der Waals surface area contributed by atoms with Crippen LogP contribution < -0.4 is 21.1 Å². The Hall–Kier alpha value is -2.08. The second-order valence-electron chi connectivity index (χ2n) is 6.02. The van der Waals surface area contributed by atoms with Gasteiger partial charge in [-0.2, -0.15) is 0 Å². The molecule has 0 spiro atoms. The van der Waals surface area contributed by atoms with Gasteiger partial charge >= 0.3 is 0 Å². The molecule has 118 valence electrons. The molecule has 1 aliphatic carbocycles. The van der Waals surface area contributed by atoms with E-state index in [1.807, 2.05) is 0 Å². The van der Waals surface area contributed by atoms with Gasteiger partial charge in [0.05, 0.1) is 11.3 Å². The first-order valence-corrected chi connectivity index (χ1v) is 7.71. The molecule has 1 aromatic rings. The minimum atomic E-state index is -0.603. The molecule has 4 N–H and O–H groups in total. The van der Waals surface area contributed by atoms with E-state index in [1.54, 1.807) is 25.1 Å². The Kier molecular flexibility index (Phi) is 4.02. The molecule has 0 aromatic heterocycles. The van der Waals surface area contributed by atoms with Crippen LogP contribution in [-0.2, 0) is 4.79 Å². The molecule has 1 saturated carbocycles. The fourth-order valence-electron chi connectivity index (χ4n) is 2.93. The number of ether oxygens (including phenoxy) is 1. The molecule has 2 aliphatic rings. The Balaban J connectivity index is 1.76. The number of benzene rings is 1. The van der Waals surface area contributed by atoms with E-state index in [0.29, 0.717) is 17.0 Å². The molecule has 0 bridgehead atoms. The second-order valence-corrected chi connectivity index (χ2v) is 6.02. The van der Waals surface area contributed by atoms with Crippen molar-refractivity contribution in [2.75, 3.05) is 5.32 Å². The number of nitrogens with two attached hydrogens (primary N) is 1. The lowest BCUT2D eigenvalue weighted by Crippen LogP contribution is -2.41. The second kappa shape index (κ2) is 5.96. The molecule has 1 fully saturated rings. The highest BCUT2D eigenvalue weighted by Crippen LogP contribution is 2.33. The van der Waals surface area contributed by atoms with Crippen LogP contribution in [0.25, 0.3) is 0 Å². The fourth-order valence-corrected chi connectivity index (χ4v) is 2.93. The maximum absolute atomic E-state index is 12.5. The van der Waals surface area contributed by atoms with Crippen LogP contribution >= 0.6 is 0 Å². The zero-order chi connectivity index (χ0) is 15.7. The highest BCUT2D eigenvalue weighted by molar-refractivity contribution is 6.04. The topological polar surface area (TPSA) is 93.4 Å². The average molecular weight is 303 g/mol. The Morgan fingerprint density at radius 2 is 2.05 bits per heavy atom. The van der Waals surface area contributed by atoms with E-state index in [4.69, 9.17) is 10.5 Å². The molecule has 22 heavy (non-hydrogen) atoms. The Morgan fingerprint density at radius 3 is 2.77 bits per heavy atom. The third-order valence-corrected chi connectivity index (χ3v) is 4.29. The van der Waals surface area contributed by atoms with E-state index in [1.165, 1.54) is 0 Å². The third kappa shape index (κ3) is 2.92. The van der Waals surface area contributed by atoms with Crippen molar-refractivity contribution in [3.05, 3.63) is 23.8 Å². The zero-order valence-electron chi connectivity index (χ0n) is 12.6. The van der Waals surface area contributed by atoms with Gasteiger partial charge in [0, 0.05) is 12.1 Å². The lowest BCUT2D eigenvalue weighted by molar-refractivity contribution is -0.122. The predicted octanol–water partition coefficient (Wildman–Crippen LogP) is 1.41. The number of fused-ring (bicyclic) bond motifs is 1. The van der Waals surface area contributed by atoms with Crippen molar-refractivity contribution in [1.82, 2.24) is 5.32 Å². The summed E-state index contributed by atoms with van der Waals surface area (Å²) in [5.41, 5.74) is 6.89. The van der Waals surface area contributed by atoms with Gasteiger partial charge in [0.25, 0.3) is 11.8 Å². The number of carbonyl (C=O) groups excluding carboxylic acids is 2. The molecule has 0 radical (unpaired) electrons. The van der Waals surface area contributed by atoms with Gasteiger partial charge in [-0.1, -0.05) is 6.07 Å². The highest BCUT2D eigenvalue weighted by atomic mass is 16.5. The number of hydrogen-bond acceptors (Lipinski definition) is 4. The minimum Gasteiger partial charge on any atom is -0.478 e. The molecular weight excluding hydrogens is 282 g/mol. The molecule has 6 nitrogen and oxygen atoms in total. The predicted molar refractivity (Wildman–Crippen MR) is 82.9 cm³/mol. The first-order chi connectivity index (χ1) is 10.5. The van der Waals surface area contributed by atoms with Crippen LogP contribution in [0.5, 0.6) is 5.75 Å². The molecule has 1 atom stereocenters. The number of rotatable bonds is 2. The number of para-hydroxylation sites is 1. The number of carbonyl (C=O) groups is 2. The van der Waals surface area contributed by atoms with E-state index < -0.39 is 6.10 Å². The van der Waals surface area contributed by atoms with E-state index in [9.17, 15) is 9.59 Å². The molecule has 1 heterocycles. The van der Waals surface area contributed by atoms with Gasteiger partial charge < -0.3 is 21.1 Å². The molecule has 1 aliphatic heterocycles. The summed E-state index contributed by atoms with van der Waals surface area (Å²) in [5, 5.41) is 5.80. The van der Waals surface area contributed by atoms with E-state index in [0.717, 1.165) is 25.7 Å². The summed E-state index contributed by atoms with van der Waals surface area (Å²) in [7, 11) is 0. The standard InChI is InChI=1S/C16H21N3O3/c1-9-15(20)19-13-4-2-3-12(14(13)22-9)16(21)18-11-7-5-10(17)6-8-11/h2-4,9-11H,5-8,17H2,1H3,(H,18,21)(H,19,20). The number of amides is 2. The van der Waals surface area contributed by atoms with Crippen molar-refractivity contribution in [3.63, 3.8) is 0 Å². The summed E-state index contributed by atoms with van der Waals surface area (Å²) in [6.07, 6.45) is 3.06. The largest absolute Gasteiger partial charge is 0.478 e. The van der Waals surface area contributed by atoms with Crippen molar-refractivity contribution in [2.24, 2.45) is 5.73 Å². The van der Waals surface area contributed by atoms with Gasteiger partial charge in [-0.25, -0.2) is 0 Å². The number of anilines is 1. The molecule has 6 heteroatoms. The maximum atomic E-state index is 12.5. The average Bonchev–Trinajstić information content (AvgIpc) is 2.50. The van der Waals surface area contributed by atoms with E-state index in [2.05, 4.69) is 10.6 Å². The lowest BCUT2D eigenvalue weighted by atomic mass is 9.91. The van der Waals surface area contributed by atoms with Crippen molar-refractivity contribution < 1.29 is 14.3 Å². The SMILES string of the molecule is CC1Oc2c(cccc2C(=O)NC2CCC(N)CC2)NC1=O. The number of nitrogens with one attached hydrogen (secondary N) is 2. The summed E-state index contributed by atoms with van der Waals surface area (Å²) in [6.45, 7) is 1.66. The zero-order valence-corrected chi connectivity index (χ0v) is 12.6. The molecule has 1 aromatic carbocycles. The van der Waals surface area contributed by atoms with Gasteiger partial charge in [0.1, 0.15) is 0 Å². The van der Waals surface area contributed by atoms with Crippen LogP contribution in [0.2, 0.25) is 0 Å². The fraction of sp³-hybridized carbons (Fsp3) is 0.500. The van der Waals surface area contributed by atoms with Crippen LogP contribution in [-0.4, -0.2) is 30.0 Å². The molecule has 2 amide bonds. The van der Waals surface area contributed by atoms with Crippen LogP contribution in [0, 0.1) is 0 Å². The van der Waals surface area contributed by atoms with Gasteiger partial charge in [0.2, 0.25) is 0 Å². The summed E-state index contributed by atoms with van der Waals surface area (Å²) in [5.74, 6) is 0.0756. The van der Waals surface area contributed by atoms with Gasteiger partial charge in [-0.05, 0) is 44.7 Å². The van der Waals surface area contributed by atoms with Crippen molar-refractivity contribution in [2.45, 2.75) is 50.8 Å². The maximum Gasteiger partial charge on any atom is 0.265 e. The van der Waals surface area contributed by atoms with Crippen LogP contribution in [0.3, 0.4) is 0 Å². The van der Waals surface area contributed by atoms with Crippen LogP contribution in [0.4, 0.5) is 5.69 Å². The van der Waals surface area contributed by atoms with Crippen LogP contribution in [0.1, 0.15) is 43.0 Å². The summed E-state index contributed by atoms with van der Waals surface area (Å²) in [6, 6.07) is 5.59.